The molecule has 1 amide bonds. The van der Waals surface area contributed by atoms with Crippen LogP contribution >= 0.6 is 0 Å². The molecule has 4 rings (SSSR count). The van der Waals surface area contributed by atoms with E-state index in [-0.39, 0.29) is 12.1 Å². The van der Waals surface area contributed by atoms with Gasteiger partial charge in [-0.3, -0.25) is 0 Å². The normalized spacial score (nSPS) is 17.7. The number of aromatic nitrogens is 4. The van der Waals surface area contributed by atoms with Crippen molar-refractivity contribution in [1.29, 1.82) is 0 Å². The van der Waals surface area contributed by atoms with E-state index in [9.17, 15) is 4.79 Å². The van der Waals surface area contributed by atoms with Crippen LogP contribution in [0.3, 0.4) is 0 Å². The molecule has 0 unspecified atom stereocenters. The van der Waals surface area contributed by atoms with E-state index in [4.69, 9.17) is 9.26 Å². The number of ether oxygens (including phenoxy) is 1. The first-order valence-corrected chi connectivity index (χ1v) is 9.38. The molecule has 1 saturated heterocycles. The van der Waals surface area contributed by atoms with Crippen molar-refractivity contribution in [3.63, 3.8) is 0 Å². The van der Waals surface area contributed by atoms with Gasteiger partial charge in [0.15, 0.2) is 0 Å². The molecule has 3 aromatic heterocycles. The van der Waals surface area contributed by atoms with Crippen molar-refractivity contribution in [2.45, 2.75) is 45.3 Å². The average molecular weight is 384 g/mol. The van der Waals surface area contributed by atoms with Gasteiger partial charge in [0.2, 0.25) is 12.2 Å². The molecule has 2 N–H and O–H groups in total. The fourth-order valence-electron chi connectivity index (χ4n) is 3.41. The summed E-state index contributed by atoms with van der Waals surface area (Å²) in [6, 6.07) is 2.04. The minimum absolute atomic E-state index is 0.0763. The number of fused-ring (bicyclic) bond motifs is 1. The summed E-state index contributed by atoms with van der Waals surface area (Å²) in [5.74, 6) is 0.470. The number of pyridine rings is 1. The minimum Gasteiger partial charge on any atom is -0.444 e. The van der Waals surface area contributed by atoms with Crippen LogP contribution in [0.2, 0.25) is 0 Å². The van der Waals surface area contributed by atoms with Crippen molar-refractivity contribution >= 4 is 22.8 Å². The lowest BCUT2D eigenvalue weighted by molar-refractivity contribution is 0.0206. The second-order valence-corrected chi connectivity index (χ2v) is 7.95. The van der Waals surface area contributed by atoms with E-state index in [1.54, 1.807) is 11.1 Å². The number of amides is 1. The first-order chi connectivity index (χ1) is 13.4. The van der Waals surface area contributed by atoms with Gasteiger partial charge in [0.25, 0.3) is 0 Å². The summed E-state index contributed by atoms with van der Waals surface area (Å²) in [4.78, 5) is 25.9. The lowest BCUT2D eigenvalue weighted by Gasteiger charge is -2.35. The second kappa shape index (κ2) is 7.14. The van der Waals surface area contributed by atoms with Crippen molar-refractivity contribution in [1.82, 2.24) is 25.0 Å². The first-order valence-electron chi connectivity index (χ1n) is 9.38. The van der Waals surface area contributed by atoms with E-state index in [1.165, 1.54) is 6.39 Å². The van der Waals surface area contributed by atoms with Gasteiger partial charge < -0.3 is 24.5 Å². The van der Waals surface area contributed by atoms with E-state index < -0.39 is 5.60 Å². The Morgan fingerprint density at radius 2 is 2.25 bits per heavy atom. The van der Waals surface area contributed by atoms with Gasteiger partial charge in [-0.25, -0.2) is 9.78 Å². The molecular formula is C19H24N6O3. The quantitative estimate of drug-likeness (QED) is 0.712. The predicted molar refractivity (Wildman–Crippen MR) is 104 cm³/mol. The number of nitrogens with one attached hydrogen (secondary N) is 2. The molecule has 28 heavy (non-hydrogen) atoms. The Labute approximate surface area is 162 Å². The zero-order chi connectivity index (χ0) is 19.7. The molecule has 0 bridgehead atoms. The number of hydrogen-bond acceptors (Lipinski definition) is 7. The molecule has 0 aliphatic carbocycles. The Bertz CT molecular complexity index is 960. The Morgan fingerprint density at radius 1 is 1.39 bits per heavy atom. The summed E-state index contributed by atoms with van der Waals surface area (Å²) in [6.07, 6.45) is 6.43. The molecule has 1 atom stereocenters. The lowest BCUT2D eigenvalue weighted by Crippen LogP contribution is -2.47. The van der Waals surface area contributed by atoms with E-state index in [1.807, 2.05) is 33.0 Å². The minimum atomic E-state index is -0.508. The molecule has 0 spiro atoms. The number of likely N-dealkylation sites (tertiary alicyclic amines) is 1. The molecule has 1 fully saturated rings. The molecule has 0 radical (unpaired) electrons. The number of carbonyl (C=O) groups is 1. The van der Waals surface area contributed by atoms with Gasteiger partial charge in [-0.05, 0) is 39.7 Å². The molecule has 0 aromatic carbocycles. The molecular weight excluding hydrogens is 360 g/mol. The lowest BCUT2D eigenvalue weighted by atomic mass is 10.0. The standard InChI is InChI=1S/C19H24N6O3/c1-19(2,3)28-18(26)25-8-4-5-12(10-25)23-15-13-6-7-20-16(13)21-9-14(15)17-22-11-27-24-17/h6-7,9,11-12H,4-5,8,10H2,1-3H3,(H2,20,21,23)/t12-/m1/s1. The van der Waals surface area contributed by atoms with Crippen LogP contribution in [-0.4, -0.2) is 55.8 Å². The molecule has 1 aliphatic heterocycles. The zero-order valence-electron chi connectivity index (χ0n) is 16.2. The maximum absolute atomic E-state index is 12.5. The highest BCUT2D eigenvalue weighted by molar-refractivity contribution is 5.97. The topological polar surface area (TPSA) is 109 Å². The number of nitrogens with zero attached hydrogens (tertiary/aromatic N) is 4. The molecule has 9 heteroatoms. The zero-order valence-corrected chi connectivity index (χ0v) is 16.2. The monoisotopic (exact) mass is 384 g/mol. The average Bonchev–Trinajstić information content (AvgIpc) is 3.32. The Balaban J connectivity index is 1.58. The highest BCUT2D eigenvalue weighted by atomic mass is 16.6. The third-order valence-electron chi connectivity index (χ3n) is 4.61. The summed E-state index contributed by atoms with van der Waals surface area (Å²) < 4.78 is 10.4. The van der Waals surface area contributed by atoms with Crippen molar-refractivity contribution in [3.05, 3.63) is 24.9 Å². The van der Waals surface area contributed by atoms with Crippen molar-refractivity contribution in [2.75, 3.05) is 18.4 Å². The summed E-state index contributed by atoms with van der Waals surface area (Å²) in [5, 5.41) is 8.48. The number of aromatic amines is 1. The number of hydrogen-bond donors (Lipinski definition) is 2. The van der Waals surface area contributed by atoms with E-state index >= 15 is 0 Å². The third kappa shape index (κ3) is 3.78. The highest BCUT2D eigenvalue weighted by Crippen LogP contribution is 2.33. The Hall–Kier alpha value is -3.10. The Kier molecular flexibility index (Phi) is 4.66. The van der Waals surface area contributed by atoms with Gasteiger partial charge in [0, 0.05) is 36.9 Å². The molecule has 9 nitrogen and oxygen atoms in total. The molecule has 148 valence electrons. The molecule has 3 aromatic rings. The maximum Gasteiger partial charge on any atom is 0.410 e. The number of anilines is 1. The summed E-state index contributed by atoms with van der Waals surface area (Å²) in [6.45, 7) is 6.89. The van der Waals surface area contributed by atoms with Crippen LogP contribution in [0.4, 0.5) is 10.5 Å². The number of rotatable bonds is 3. The van der Waals surface area contributed by atoms with Crippen LogP contribution in [0, 0.1) is 0 Å². The van der Waals surface area contributed by atoms with Crippen molar-refractivity contribution in [3.8, 4) is 11.4 Å². The summed E-state index contributed by atoms with van der Waals surface area (Å²) in [7, 11) is 0. The SMILES string of the molecule is CC(C)(C)OC(=O)N1CCC[C@@H](Nc2c(-c3ncon3)cnc3[nH]ccc23)C1. The molecule has 1 aliphatic rings. The number of piperidine rings is 1. The first kappa shape index (κ1) is 18.3. The Morgan fingerprint density at radius 3 is 3.00 bits per heavy atom. The van der Waals surface area contributed by atoms with Gasteiger partial charge in [0.05, 0.1) is 11.3 Å². The van der Waals surface area contributed by atoms with Crippen LogP contribution in [0.25, 0.3) is 22.4 Å². The largest absolute Gasteiger partial charge is 0.444 e. The van der Waals surface area contributed by atoms with Crippen LogP contribution in [0.15, 0.2) is 29.4 Å². The van der Waals surface area contributed by atoms with E-state index in [2.05, 4.69) is 25.4 Å². The smallest absolute Gasteiger partial charge is 0.410 e. The van der Waals surface area contributed by atoms with Crippen molar-refractivity contribution < 1.29 is 14.1 Å². The fourth-order valence-corrected chi connectivity index (χ4v) is 3.41. The number of H-pyrrole nitrogens is 1. The van der Waals surface area contributed by atoms with Crippen LogP contribution in [0.5, 0.6) is 0 Å². The van der Waals surface area contributed by atoms with Gasteiger partial charge in [-0.15, -0.1) is 0 Å². The highest BCUT2D eigenvalue weighted by Gasteiger charge is 2.28. The maximum atomic E-state index is 12.5. The van der Waals surface area contributed by atoms with Crippen LogP contribution < -0.4 is 5.32 Å². The van der Waals surface area contributed by atoms with Gasteiger partial charge in [-0.1, -0.05) is 5.16 Å². The molecule has 0 saturated carbocycles. The summed E-state index contributed by atoms with van der Waals surface area (Å²) in [5.41, 5.74) is 1.90. The predicted octanol–water partition coefficient (Wildman–Crippen LogP) is 3.42. The van der Waals surface area contributed by atoms with Gasteiger partial charge in [0.1, 0.15) is 11.2 Å². The van der Waals surface area contributed by atoms with Gasteiger partial charge >= 0.3 is 6.09 Å². The summed E-state index contributed by atoms with van der Waals surface area (Å²) >= 11 is 0. The van der Waals surface area contributed by atoms with Crippen LogP contribution in [0.1, 0.15) is 33.6 Å². The van der Waals surface area contributed by atoms with Crippen LogP contribution in [-0.2, 0) is 4.74 Å². The van der Waals surface area contributed by atoms with E-state index in [0.717, 1.165) is 35.1 Å². The van der Waals surface area contributed by atoms with E-state index in [0.29, 0.717) is 18.9 Å². The third-order valence-corrected chi connectivity index (χ3v) is 4.61. The van der Waals surface area contributed by atoms with Crippen molar-refractivity contribution in [2.24, 2.45) is 0 Å². The number of carbonyl (C=O) groups excluding carboxylic acids is 1. The van der Waals surface area contributed by atoms with Gasteiger partial charge in [-0.2, -0.15) is 4.98 Å². The fraction of sp³-hybridized carbons (Fsp3) is 0.474. The second-order valence-electron chi connectivity index (χ2n) is 7.95. The molecule has 4 heterocycles.